The Balaban J connectivity index is 1.84. The quantitative estimate of drug-likeness (QED) is 0.366. The molecule has 2 aromatic carbocycles. The molecule has 1 aromatic heterocycles. The van der Waals surface area contributed by atoms with Crippen molar-refractivity contribution in [3.63, 3.8) is 0 Å². The van der Waals surface area contributed by atoms with Gasteiger partial charge in [-0.3, -0.25) is 9.36 Å². The first kappa shape index (κ1) is 25.0. The molecule has 2 heterocycles. The number of carbonyl (C=O) groups is 1. The van der Waals surface area contributed by atoms with Crippen molar-refractivity contribution in [3.05, 3.63) is 90.6 Å². The van der Waals surface area contributed by atoms with Crippen LogP contribution >= 0.6 is 11.3 Å². The van der Waals surface area contributed by atoms with E-state index in [0.717, 1.165) is 11.1 Å². The van der Waals surface area contributed by atoms with Crippen molar-refractivity contribution in [1.29, 1.82) is 0 Å². The molecule has 1 aliphatic rings. The summed E-state index contributed by atoms with van der Waals surface area (Å²) in [7, 11) is 1.58. The van der Waals surface area contributed by atoms with Crippen LogP contribution in [0.4, 0.5) is 0 Å². The number of allylic oxidation sites excluding steroid dienone is 1. The van der Waals surface area contributed by atoms with Gasteiger partial charge < -0.3 is 14.2 Å². The number of hydrogen-bond donors (Lipinski definition) is 0. The summed E-state index contributed by atoms with van der Waals surface area (Å²) in [6.07, 6.45) is 6.72. The van der Waals surface area contributed by atoms with Crippen LogP contribution in [0.15, 0.2) is 69.6 Å². The van der Waals surface area contributed by atoms with Gasteiger partial charge in [-0.25, -0.2) is 9.79 Å². The van der Waals surface area contributed by atoms with Gasteiger partial charge in [0, 0.05) is 0 Å². The highest BCUT2D eigenvalue weighted by atomic mass is 32.1. The molecule has 0 spiro atoms. The molecule has 4 rings (SSSR count). The van der Waals surface area contributed by atoms with Crippen LogP contribution in [0.2, 0.25) is 0 Å². The zero-order valence-electron chi connectivity index (χ0n) is 20.5. The van der Waals surface area contributed by atoms with Crippen LogP contribution in [0.5, 0.6) is 11.5 Å². The highest BCUT2D eigenvalue weighted by Gasteiger charge is 2.33. The molecule has 0 N–H and O–H groups in total. The first-order valence-electron chi connectivity index (χ1n) is 11.4. The van der Waals surface area contributed by atoms with Gasteiger partial charge in [0.25, 0.3) is 5.56 Å². The second kappa shape index (κ2) is 10.7. The molecule has 36 heavy (non-hydrogen) atoms. The third-order valence-corrected chi connectivity index (χ3v) is 6.50. The van der Waals surface area contributed by atoms with E-state index in [1.807, 2.05) is 24.3 Å². The molecule has 0 amide bonds. The van der Waals surface area contributed by atoms with E-state index in [4.69, 9.17) is 20.6 Å². The molecule has 0 aliphatic carbocycles. The van der Waals surface area contributed by atoms with Crippen molar-refractivity contribution in [1.82, 2.24) is 4.57 Å². The molecule has 7 nitrogen and oxygen atoms in total. The second-order valence-corrected chi connectivity index (χ2v) is 9.38. The van der Waals surface area contributed by atoms with Crippen molar-refractivity contribution in [2.24, 2.45) is 4.99 Å². The van der Waals surface area contributed by atoms with Crippen LogP contribution in [0.25, 0.3) is 6.08 Å². The predicted octanol–water partition coefficient (Wildman–Crippen LogP) is 3.21. The number of terminal acetylenes is 1. The Hall–Kier alpha value is -4.09. The number of hydrogen-bond acceptors (Lipinski definition) is 7. The number of thiazole rings is 1. The summed E-state index contributed by atoms with van der Waals surface area (Å²) in [6, 6.07) is 13.9. The van der Waals surface area contributed by atoms with E-state index in [-0.39, 0.29) is 18.3 Å². The lowest BCUT2D eigenvalue weighted by atomic mass is 9.96. The summed E-state index contributed by atoms with van der Waals surface area (Å²) < 4.78 is 18.3. The van der Waals surface area contributed by atoms with E-state index >= 15 is 0 Å². The Morgan fingerprint density at radius 2 is 1.83 bits per heavy atom. The highest BCUT2D eigenvalue weighted by Crippen LogP contribution is 2.31. The van der Waals surface area contributed by atoms with Crippen molar-refractivity contribution in [2.45, 2.75) is 32.9 Å². The summed E-state index contributed by atoms with van der Waals surface area (Å²) >= 11 is 1.27. The molecule has 0 fully saturated rings. The van der Waals surface area contributed by atoms with Gasteiger partial charge in [-0.15, -0.1) is 6.42 Å². The molecule has 184 valence electrons. The van der Waals surface area contributed by atoms with Crippen molar-refractivity contribution >= 4 is 23.4 Å². The molecule has 0 saturated carbocycles. The topological polar surface area (TPSA) is 79.1 Å². The van der Waals surface area contributed by atoms with E-state index in [1.165, 1.54) is 11.3 Å². The monoisotopic (exact) mass is 502 g/mol. The number of nitrogens with zero attached hydrogens (tertiary/aromatic N) is 2. The van der Waals surface area contributed by atoms with E-state index in [0.29, 0.717) is 32.1 Å². The lowest BCUT2D eigenvalue weighted by molar-refractivity contribution is -0.143. The molecule has 1 atom stereocenters. The number of ether oxygens (including phenoxy) is 3. The standard InChI is InChI=1S/C28H26N2O5S/c1-6-15-34-22-11-7-19(8-12-22)16-23-26(31)30-25(20-9-13-21(33-5)14-10-20)24(27(32)35-17(2)3)18(4)29-28(30)36-23/h1,7-14,16-17,25H,15H2,2-5H3/b23-16-/t25-/m1/s1. The molecule has 0 bridgehead atoms. The van der Waals surface area contributed by atoms with Crippen molar-refractivity contribution in [2.75, 3.05) is 13.7 Å². The van der Waals surface area contributed by atoms with Gasteiger partial charge in [0.2, 0.25) is 0 Å². The van der Waals surface area contributed by atoms with E-state index in [1.54, 1.807) is 62.8 Å². The number of methoxy groups -OCH3 is 1. The Morgan fingerprint density at radius 3 is 2.44 bits per heavy atom. The maximum atomic E-state index is 13.7. The fraction of sp³-hybridized carbons (Fsp3) is 0.250. The van der Waals surface area contributed by atoms with Crippen LogP contribution in [0.3, 0.4) is 0 Å². The molecule has 0 radical (unpaired) electrons. The molecule has 1 aliphatic heterocycles. The summed E-state index contributed by atoms with van der Waals surface area (Å²) in [5.41, 5.74) is 2.19. The maximum absolute atomic E-state index is 13.7. The average Bonchev–Trinajstić information content (AvgIpc) is 3.16. The number of carbonyl (C=O) groups excluding carboxylic acids is 1. The van der Waals surface area contributed by atoms with Gasteiger partial charge >= 0.3 is 5.97 Å². The molecular weight excluding hydrogens is 476 g/mol. The van der Waals surface area contributed by atoms with E-state index in [9.17, 15) is 9.59 Å². The van der Waals surface area contributed by atoms with Gasteiger partial charge in [-0.1, -0.05) is 41.5 Å². The first-order chi connectivity index (χ1) is 17.3. The normalized spacial score (nSPS) is 15.2. The summed E-state index contributed by atoms with van der Waals surface area (Å²) in [5.74, 6) is 3.25. The number of aromatic nitrogens is 1. The minimum Gasteiger partial charge on any atom is -0.497 e. The predicted molar refractivity (Wildman–Crippen MR) is 139 cm³/mol. The number of fused-ring (bicyclic) bond motifs is 1. The molecule has 0 saturated heterocycles. The van der Waals surface area contributed by atoms with Crippen LogP contribution in [0.1, 0.15) is 37.9 Å². The van der Waals surface area contributed by atoms with Gasteiger partial charge in [0.1, 0.15) is 18.1 Å². The zero-order valence-corrected chi connectivity index (χ0v) is 21.3. The lowest BCUT2D eigenvalue weighted by Crippen LogP contribution is -2.40. The minimum atomic E-state index is -0.680. The van der Waals surface area contributed by atoms with E-state index in [2.05, 4.69) is 10.9 Å². The van der Waals surface area contributed by atoms with Gasteiger partial charge in [-0.05, 0) is 62.2 Å². The highest BCUT2D eigenvalue weighted by molar-refractivity contribution is 7.07. The Labute approximate surface area is 213 Å². The minimum absolute atomic E-state index is 0.185. The number of benzene rings is 2. The fourth-order valence-corrected chi connectivity index (χ4v) is 4.95. The van der Waals surface area contributed by atoms with Crippen molar-refractivity contribution < 1.29 is 19.0 Å². The van der Waals surface area contributed by atoms with Gasteiger partial charge in [0.15, 0.2) is 4.80 Å². The van der Waals surface area contributed by atoms with Crippen LogP contribution in [-0.4, -0.2) is 30.4 Å². The zero-order chi connectivity index (χ0) is 25.8. The van der Waals surface area contributed by atoms with Crippen LogP contribution < -0.4 is 24.4 Å². The largest absolute Gasteiger partial charge is 0.497 e. The lowest BCUT2D eigenvalue weighted by Gasteiger charge is -2.25. The first-order valence-corrected chi connectivity index (χ1v) is 12.2. The Bertz CT molecular complexity index is 1520. The molecule has 0 unspecified atom stereocenters. The molecule has 8 heteroatoms. The van der Waals surface area contributed by atoms with Crippen molar-refractivity contribution in [3.8, 4) is 23.8 Å². The summed E-state index contributed by atoms with van der Waals surface area (Å²) in [5, 5.41) is 0. The number of esters is 1. The van der Waals surface area contributed by atoms with E-state index < -0.39 is 12.0 Å². The van der Waals surface area contributed by atoms with Crippen LogP contribution in [0, 0.1) is 12.3 Å². The Kier molecular flexibility index (Phi) is 7.41. The maximum Gasteiger partial charge on any atom is 0.338 e. The third kappa shape index (κ3) is 5.11. The molecule has 3 aromatic rings. The SMILES string of the molecule is C#CCOc1ccc(/C=c2\sc3n(c2=O)[C@H](c2ccc(OC)cc2)C(C(=O)OC(C)C)=C(C)N=3)cc1. The van der Waals surface area contributed by atoms with Crippen LogP contribution in [-0.2, 0) is 9.53 Å². The molecular formula is C28H26N2O5S. The Morgan fingerprint density at radius 1 is 1.17 bits per heavy atom. The average molecular weight is 503 g/mol. The summed E-state index contributed by atoms with van der Waals surface area (Å²) in [6.45, 7) is 5.52. The smallest absolute Gasteiger partial charge is 0.338 e. The fourth-order valence-electron chi connectivity index (χ4n) is 3.90. The third-order valence-electron chi connectivity index (χ3n) is 5.52. The number of rotatable bonds is 7. The second-order valence-electron chi connectivity index (χ2n) is 8.37. The van der Waals surface area contributed by atoms with Gasteiger partial charge in [0.05, 0.1) is 35.1 Å². The van der Waals surface area contributed by atoms with Gasteiger partial charge in [-0.2, -0.15) is 0 Å². The summed E-state index contributed by atoms with van der Waals surface area (Å²) in [4.78, 5) is 31.9.